The van der Waals surface area contributed by atoms with E-state index >= 15 is 0 Å². The number of anilines is 2. The Morgan fingerprint density at radius 1 is 1.20 bits per heavy atom. The normalized spacial score (nSPS) is 12.2. The molecule has 0 radical (unpaired) electrons. The Kier molecular flexibility index (Phi) is 6.91. The summed E-state index contributed by atoms with van der Waals surface area (Å²) in [4.78, 5) is 1.99. The van der Waals surface area contributed by atoms with Crippen molar-refractivity contribution in [2.75, 3.05) is 29.0 Å². The lowest BCUT2D eigenvalue weighted by Gasteiger charge is -2.22. The zero-order valence-corrected chi connectivity index (χ0v) is 13.3. The number of hydrogen-bond donors (Lipinski definition) is 1. The minimum atomic E-state index is -3.29. The summed E-state index contributed by atoms with van der Waals surface area (Å²) in [6.45, 7) is 1.18. The largest absolute Gasteiger partial charge is 0.364 e. The summed E-state index contributed by atoms with van der Waals surface area (Å²) in [5.74, 6) is 0. The van der Waals surface area contributed by atoms with Crippen molar-refractivity contribution in [3.8, 4) is 0 Å². The lowest BCUT2D eigenvalue weighted by atomic mass is 10.2. The molecule has 1 aromatic rings. The lowest BCUT2D eigenvalue weighted by Crippen LogP contribution is -2.23. The van der Waals surface area contributed by atoms with Crippen LogP contribution in [-0.4, -0.2) is 27.8 Å². The third-order valence-electron chi connectivity index (χ3n) is 2.34. The smallest absolute Gasteiger partial charge is 0.229 e. The molecule has 0 bridgehead atoms. The van der Waals surface area contributed by atoms with Crippen LogP contribution in [0.4, 0.5) is 11.4 Å². The van der Waals surface area contributed by atoms with E-state index in [0.717, 1.165) is 11.9 Å². The van der Waals surface area contributed by atoms with Crippen LogP contribution in [0.3, 0.4) is 0 Å². The molecule has 0 amide bonds. The number of halogens is 2. The molecule has 0 unspecified atom stereocenters. The molecule has 0 aliphatic heterocycles. The van der Waals surface area contributed by atoms with E-state index in [4.69, 9.17) is 23.2 Å². The minimum absolute atomic E-state index is 0.514. The van der Waals surface area contributed by atoms with Gasteiger partial charge in [-0.25, -0.2) is 8.42 Å². The van der Waals surface area contributed by atoms with Gasteiger partial charge in [-0.1, -0.05) is 41.4 Å². The third kappa shape index (κ3) is 6.32. The summed E-state index contributed by atoms with van der Waals surface area (Å²) in [7, 11) is -3.29. The monoisotopic (exact) mass is 334 g/mol. The van der Waals surface area contributed by atoms with Crippen molar-refractivity contribution in [2.45, 2.75) is 0 Å². The van der Waals surface area contributed by atoms with E-state index in [-0.39, 0.29) is 0 Å². The Morgan fingerprint density at radius 3 is 2.30 bits per heavy atom. The van der Waals surface area contributed by atoms with Crippen LogP contribution in [-0.2, 0) is 10.0 Å². The number of rotatable bonds is 7. The van der Waals surface area contributed by atoms with Crippen LogP contribution < -0.4 is 9.62 Å². The second-order valence-electron chi connectivity index (χ2n) is 4.05. The molecule has 1 N–H and O–H groups in total. The van der Waals surface area contributed by atoms with Crippen LogP contribution in [0.2, 0.25) is 0 Å². The van der Waals surface area contributed by atoms with Crippen LogP contribution in [0.5, 0.6) is 0 Å². The summed E-state index contributed by atoms with van der Waals surface area (Å²) in [6.07, 6.45) is 4.70. The topological polar surface area (TPSA) is 49.4 Å². The van der Waals surface area contributed by atoms with Crippen LogP contribution in [0, 0.1) is 0 Å². The van der Waals surface area contributed by atoms with Gasteiger partial charge in [0, 0.05) is 29.8 Å². The van der Waals surface area contributed by atoms with Gasteiger partial charge in [-0.2, -0.15) is 0 Å². The molecule has 0 spiro atoms. The zero-order chi connectivity index (χ0) is 15.0. The van der Waals surface area contributed by atoms with Crippen molar-refractivity contribution < 1.29 is 8.42 Å². The van der Waals surface area contributed by atoms with Gasteiger partial charge in [0.05, 0.1) is 11.9 Å². The van der Waals surface area contributed by atoms with Crippen LogP contribution in [0.15, 0.2) is 47.5 Å². The molecule has 0 aliphatic rings. The van der Waals surface area contributed by atoms with Crippen LogP contribution in [0.1, 0.15) is 0 Å². The van der Waals surface area contributed by atoms with Gasteiger partial charge < -0.3 is 4.90 Å². The summed E-state index contributed by atoms with van der Waals surface area (Å²) in [5, 5.41) is 0. The standard InChI is InChI=1S/C13H16Cl2N2O2S/c1-20(18,19)16-12-5-2-6-13(11-12)17(9-3-7-14)10-4-8-15/h2-8,11,16H,9-10H2,1H3. The van der Waals surface area contributed by atoms with E-state index < -0.39 is 10.0 Å². The average Bonchev–Trinajstić information content (AvgIpc) is 2.37. The van der Waals surface area contributed by atoms with Gasteiger partial charge in [0.25, 0.3) is 0 Å². The van der Waals surface area contributed by atoms with Gasteiger partial charge in [-0.3, -0.25) is 4.72 Å². The molecule has 0 heterocycles. The maximum Gasteiger partial charge on any atom is 0.229 e. The number of nitrogens with zero attached hydrogens (tertiary/aromatic N) is 1. The first-order valence-corrected chi connectivity index (χ1v) is 8.56. The van der Waals surface area contributed by atoms with Crippen molar-refractivity contribution in [2.24, 2.45) is 0 Å². The van der Waals surface area contributed by atoms with E-state index in [0.29, 0.717) is 18.8 Å². The minimum Gasteiger partial charge on any atom is -0.364 e. The van der Waals surface area contributed by atoms with Crippen molar-refractivity contribution in [3.63, 3.8) is 0 Å². The second kappa shape index (κ2) is 8.19. The Labute approximate surface area is 129 Å². The fraction of sp³-hybridized carbons (Fsp3) is 0.231. The van der Waals surface area contributed by atoms with E-state index in [1.54, 1.807) is 30.4 Å². The molecule has 0 saturated heterocycles. The molecule has 0 fully saturated rings. The lowest BCUT2D eigenvalue weighted by molar-refractivity contribution is 0.607. The van der Waals surface area contributed by atoms with Crippen molar-refractivity contribution in [1.29, 1.82) is 0 Å². The maximum absolute atomic E-state index is 11.2. The van der Waals surface area contributed by atoms with Gasteiger partial charge >= 0.3 is 0 Å². The maximum atomic E-state index is 11.2. The Morgan fingerprint density at radius 2 is 1.80 bits per heavy atom. The molecule has 20 heavy (non-hydrogen) atoms. The van der Waals surface area contributed by atoms with E-state index in [9.17, 15) is 8.42 Å². The first-order valence-electron chi connectivity index (χ1n) is 5.79. The molecule has 0 atom stereocenters. The van der Waals surface area contributed by atoms with Gasteiger partial charge in [0.2, 0.25) is 10.0 Å². The van der Waals surface area contributed by atoms with Crippen molar-refractivity contribution >= 4 is 44.6 Å². The highest BCUT2D eigenvalue weighted by molar-refractivity contribution is 7.92. The molecule has 7 heteroatoms. The highest BCUT2D eigenvalue weighted by Gasteiger charge is 2.06. The first-order chi connectivity index (χ1) is 9.46. The molecular weight excluding hydrogens is 319 g/mol. The van der Waals surface area contributed by atoms with E-state index in [1.807, 2.05) is 11.0 Å². The predicted molar refractivity (Wildman–Crippen MR) is 87.1 cm³/mol. The van der Waals surface area contributed by atoms with Gasteiger partial charge in [-0.15, -0.1) is 0 Å². The van der Waals surface area contributed by atoms with Crippen molar-refractivity contribution in [1.82, 2.24) is 0 Å². The molecule has 110 valence electrons. The highest BCUT2D eigenvalue weighted by Crippen LogP contribution is 2.20. The third-order valence-corrected chi connectivity index (χ3v) is 3.31. The molecule has 0 aliphatic carbocycles. The molecule has 1 aromatic carbocycles. The van der Waals surface area contributed by atoms with E-state index in [2.05, 4.69) is 4.72 Å². The number of sulfonamides is 1. The van der Waals surface area contributed by atoms with Gasteiger partial charge in [-0.05, 0) is 18.2 Å². The SMILES string of the molecule is CS(=O)(=O)Nc1cccc(N(CC=CCl)CC=CCl)c1. The molecule has 0 aromatic heterocycles. The summed E-state index contributed by atoms with van der Waals surface area (Å²) in [5.41, 5.74) is 4.26. The van der Waals surface area contributed by atoms with E-state index in [1.165, 1.54) is 11.1 Å². The molecule has 0 saturated carbocycles. The first kappa shape index (κ1) is 16.9. The van der Waals surface area contributed by atoms with Crippen molar-refractivity contribution in [3.05, 3.63) is 47.5 Å². The molecule has 1 rings (SSSR count). The Bertz CT molecular complexity index is 572. The van der Waals surface area contributed by atoms with Gasteiger partial charge in [0.15, 0.2) is 0 Å². The number of hydrogen-bond acceptors (Lipinski definition) is 3. The summed E-state index contributed by atoms with van der Waals surface area (Å²) < 4.78 is 24.9. The number of benzene rings is 1. The van der Waals surface area contributed by atoms with Gasteiger partial charge in [0.1, 0.15) is 0 Å². The molecule has 4 nitrogen and oxygen atoms in total. The zero-order valence-electron chi connectivity index (χ0n) is 11.0. The quantitative estimate of drug-likeness (QED) is 0.831. The average molecular weight is 335 g/mol. The fourth-order valence-electron chi connectivity index (χ4n) is 1.60. The highest BCUT2D eigenvalue weighted by atomic mass is 35.5. The Hall–Kier alpha value is -1.17. The Balaban J connectivity index is 2.97. The number of nitrogens with one attached hydrogen (secondary N) is 1. The summed E-state index contributed by atoms with van der Waals surface area (Å²) >= 11 is 11.1. The summed E-state index contributed by atoms with van der Waals surface area (Å²) in [6, 6.07) is 7.12. The van der Waals surface area contributed by atoms with Crippen LogP contribution >= 0.6 is 23.2 Å². The molecular formula is C13H16Cl2N2O2S. The second-order valence-corrected chi connectivity index (χ2v) is 6.31. The predicted octanol–water partition coefficient (Wildman–Crippen LogP) is 3.37. The van der Waals surface area contributed by atoms with Crippen LogP contribution in [0.25, 0.3) is 0 Å². The fourth-order valence-corrected chi connectivity index (χ4v) is 2.31.